The van der Waals surface area contributed by atoms with Gasteiger partial charge in [0.15, 0.2) is 0 Å². The maximum absolute atomic E-state index is 12.5. The van der Waals surface area contributed by atoms with Crippen molar-refractivity contribution >= 4 is 34.4 Å². The van der Waals surface area contributed by atoms with Crippen molar-refractivity contribution in [3.8, 4) is 5.75 Å². The fraction of sp³-hybridized carbons (Fsp3) is 0.333. The normalized spacial score (nSPS) is 14.7. The van der Waals surface area contributed by atoms with E-state index < -0.39 is 0 Å². The Kier molecular flexibility index (Phi) is 14.4. The molecule has 0 radical (unpaired) electrons. The van der Waals surface area contributed by atoms with Gasteiger partial charge in [0.1, 0.15) is 24.0 Å². The number of carbonyl (C=O) groups excluding carboxylic acids is 2. The van der Waals surface area contributed by atoms with Crippen LogP contribution in [-0.2, 0) is 26.5 Å². The highest BCUT2D eigenvalue weighted by Crippen LogP contribution is 2.21. The average Bonchev–Trinajstić information content (AvgIpc) is 3.61. The van der Waals surface area contributed by atoms with Gasteiger partial charge in [-0.15, -0.1) is 0 Å². The third-order valence-corrected chi connectivity index (χ3v) is 11.2. The largest absolute Gasteiger partial charge is 0.489 e. The zero-order chi connectivity index (χ0) is 41.7. The summed E-state index contributed by atoms with van der Waals surface area (Å²) in [5.74, 6) is 2.56. The van der Waals surface area contributed by atoms with Gasteiger partial charge in [-0.25, -0.2) is 9.97 Å². The second-order valence-corrected chi connectivity index (χ2v) is 15.6. The Bertz CT molecular complexity index is 2260. The first kappa shape index (κ1) is 41.9. The number of ether oxygens (including phenoxy) is 1. The molecule has 2 aliphatic rings. The van der Waals surface area contributed by atoms with Crippen molar-refractivity contribution in [1.29, 1.82) is 0 Å². The standard InChI is InChI=1S/C26H30N4O2.C22H27N5O/c1-29-15-17-30(18-16-29)25-12-9-23(19-28-25)26(31)27-14-13-21-7-10-24(11-8-21)32-20-22-5-3-2-4-6-22;1-25-11-13-27(14-12-25)21-8-7-17(15-24-21)22(28)23-10-9-18-16-26(2)20-6-4-3-5-19(18)20/h2-12,19H,13-18,20H2,1H3,(H,27,31);3-8,15-16H,9-14H2,1-2H3,(H,23,28). The van der Waals surface area contributed by atoms with Gasteiger partial charge in [-0.1, -0.05) is 60.7 Å². The summed E-state index contributed by atoms with van der Waals surface area (Å²) in [6.45, 7) is 9.74. The highest BCUT2D eigenvalue weighted by Gasteiger charge is 2.17. The van der Waals surface area contributed by atoms with E-state index >= 15 is 0 Å². The smallest absolute Gasteiger partial charge is 0.252 e. The molecule has 12 heteroatoms. The molecule has 0 spiro atoms. The Morgan fingerprint density at radius 2 is 1.12 bits per heavy atom. The Balaban J connectivity index is 0.000000183. The molecule has 8 rings (SSSR count). The van der Waals surface area contributed by atoms with Gasteiger partial charge in [-0.05, 0) is 86.1 Å². The van der Waals surface area contributed by atoms with Crippen LogP contribution < -0.4 is 25.2 Å². The van der Waals surface area contributed by atoms with E-state index in [1.165, 1.54) is 16.5 Å². The first-order valence-corrected chi connectivity index (χ1v) is 20.9. The predicted molar refractivity (Wildman–Crippen MR) is 240 cm³/mol. The van der Waals surface area contributed by atoms with Crippen LogP contribution in [0.5, 0.6) is 5.75 Å². The second-order valence-electron chi connectivity index (χ2n) is 15.6. The number of pyridine rings is 2. The fourth-order valence-corrected chi connectivity index (χ4v) is 7.44. The van der Waals surface area contributed by atoms with E-state index in [0.29, 0.717) is 30.8 Å². The van der Waals surface area contributed by atoms with Gasteiger partial charge < -0.3 is 39.5 Å². The number of hydrogen-bond donors (Lipinski definition) is 2. The molecule has 0 unspecified atom stereocenters. The number of fused-ring (bicyclic) bond motifs is 1. The van der Waals surface area contributed by atoms with E-state index in [1.54, 1.807) is 12.4 Å². The van der Waals surface area contributed by atoms with Crippen LogP contribution in [0.25, 0.3) is 10.9 Å². The number of aryl methyl sites for hydroxylation is 1. The number of aromatic nitrogens is 3. The zero-order valence-electron chi connectivity index (χ0n) is 35.1. The third kappa shape index (κ3) is 11.5. The summed E-state index contributed by atoms with van der Waals surface area (Å²) in [5.41, 5.74) is 5.96. The highest BCUT2D eigenvalue weighted by molar-refractivity contribution is 5.94. The number of likely N-dealkylation sites (N-methyl/N-ethyl adjacent to an activating group) is 2. The van der Waals surface area contributed by atoms with Crippen LogP contribution >= 0.6 is 0 Å². The van der Waals surface area contributed by atoms with Crippen LogP contribution in [0.2, 0.25) is 0 Å². The van der Waals surface area contributed by atoms with Gasteiger partial charge >= 0.3 is 0 Å². The molecule has 0 aliphatic carbocycles. The van der Waals surface area contributed by atoms with Crippen LogP contribution in [0, 0.1) is 0 Å². The lowest BCUT2D eigenvalue weighted by Crippen LogP contribution is -2.44. The summed E-state index contributed by atoms with van der Waals surface area (Å²) < 4.78 is 7.96. The average molecular weight is 808 g/mol. The van der Waals surface area contributed by atoms with Gasteiger partial charge in [-0.2, -0.15) is 0 Å². The molecular weight excluding hydrogens is 751 g/mol. The number of para-hydroxylation sites is 1. The van der Waals surface area contributed by atoms with E-state index in [4.69, 9.17) is 4.74 Å². The molecule has 2 aliphatic heterocycles. The lowest BCUT2D eigenvalue weighted by Gasteiger charge is -2.33. The molecule has 0 atom stereocenters. The van der Waals surface area contributed by atoms with Crippen LogP contribution in [0.4, 0.5) is 11.6 Å². The number of carbonyl (C=O) groups is 2. The molecule has 6 aromatic rings. The second kappa shape index (κ2) is 20.6. The number of anilines is 2. The van der Waals surface area contributed by atoms with Crippen molar-refractivity contribution in [3.05, 3.63) is 150 Å². The monoisotopic (exact) mass is 807 g/mol. The van der Waals surface area contributed by atoms with E-state index in [2.05, 4.69) is 90.3 Å². The van der Waals surface area contributed by atoms with E-state index in [9.17, 15) is 9.59 Å². The fourth-order valence-electron chi connectivity index (χ4n) is 7.44. The molecule has 60 heavy (non-hydrogen) atoms. The molecule has 2 amide bonds. The Morgan fingerprint density at radius 1 is 0.583 bits per heavy atom. The molecule has 12 nitrogen and oxygen atoms in total. The summed E-state index contributed by atoms with van der Waals surface area (Å²) in [5, 5.41) is 7.25. The van der Waals surface area contributed by atoms with Crippen molar-refractivity contribution < 1.29 is 14.3 Å². The van der Waals surface area contributed by atoms with Crippen molar-refractivity contribution in [3.63, 3.8) is 0 Å². The number of piperazine rings is 2. The Morgan fingerprint density at radius 3 is 1.67 bits per heavy atom. The minimum Gasteiger partial charge on any atom is -0.489 e. The van der Waals surface area contributed by atoms with Gasteiger partial charge in [0.25, 0.3) is 11.8 Å². The van der Waals surface area contributed by atoms with Crippen LogP contribution in [0.1, 0.15) is 37.4 Å². The number of nitrogens with one attached hydrogen (secondary N) is 2. The first-order valence-electron chi connectivity index (χ1n) is 20.9. The number of nitrogens with zero attached hydrogens (tertiary/aromatic N) is 7. The van der Waals surface area contributed by atoms with Crippen molar-refractivity contribution in [2.24, 2.45) is 7.05 Å². The lowest BCUT2D eigenvalue weighted by molar-refractivity contribution is 0.0945. The third-order valence-electron chi connectivity index (χ3n) is 11.2. The van der Waals surface area contributed by atoms with Crippen LogP contribution in [-0.4, -0.2) is 116 Å². The summed E-state index contributed by atoms with van der Waals surface area (Å²) in [4.78, 5) is 43.1. The van der Waals surface area contributed by atoms with Crippen molar-refractivity contribution in [2.75, 3.05) is 89.3 Å². The molecule has 312 valence electrons. The Hall–Kier alpha value is -6.24. The van der Waals surface area contributed by atoms with Gasteiger partial charge in [0.05, 0.1) is 11.1 Å². The predicted octanol–water partition coefficient (Wildman–Crippen LogP) is 5.68. The van der Waals surface area contributed by atoms with Gasteiger partial charge in [-0.3, -0.25) is 9.59 Å². The molecule has 5 heterocycles. The van der Waals surface area contributed by atoms with E-state index in [-0.39, 0.29) is 11.8 Å². The maximum atomic E-state index is 12.5. The quantitative estimate of drug-likeness (QED) is 0.152. The lowest BCUT2D eigenvalue weighted by atomic mass is 10.1. The Labute approximate surface area is 353 Å². The first-order chi connectivity index (χ1) is 29.3. The number of benzene rings is 3. The molecular formula is C48H57N9O3. The molecule has 0 bridgehead atoms. The minimum absolute atomic E-state index is 0.0716. The van der Waals surface area contributed by atoms with E-state index in [0.717, 1.165) is 93.7 Å². The molecule has 3 aromatic carbocycles. The van der Waals surface area contributed by atoms with Gasteiger partial charge in [0.2, 0.25) is 0 Å². The van der Waals surface area contributed by atoms with Gasteiger partial charge in [0, 0.05) is 102 Å². The number of amides is 2. The number of hydrogen-bond acceptors (Lipinski definition) is 9. The topological polar surface area (TPSA) is 111 Å². The maximum Gasteiger partial charge on any atom is 0.252 e. The zero-order valence-corrected chi connectivity index (χ0v) is 35.1. The summed E-state index contributed by atoms with van der Waals surface area (Å²) in [6.07, 6.45) is 7.06. The van der Waals surface area contributed by atoms with E-state index in [1.807, 2.05) is 84.9 Å². The minimum atomic E-state index is -0.0924. The van der Waals surface area contributed by atoms with Crippen LogP contribution in [0.15, 0.2) is 122 Å². The molecule has 2 fully saturated rings. The summed E-state index contributed by atoms with van der Waals surface area (Å²) >= 11 is 0. The summed E-state index contributed by atoms with van der Waals surface area (Å²) in [7, 11) is 6.32. The van der Waals surface area contributed by atoms with Crippen molar-refractivity contribution in [2.45, 2.75) is 19.4 Å². The summed E-state index contributed by atoms with van der Waals surface area (Å²) in [6, 6.07) is 34.1. The van der Waals surface area contributed by atoms with Crippen LogP contribution in [0.3, 0.4) is 0 Å². The molecule has 3 aromatic heterocycles. The molecule has 0 saturated carbocycles. The van der Waals surface area contributed by atoms with Crippen molar-refractivity contribution in [1.82, 2.24) is 35.0 Å². The SMILES string of the molecule is CN1CCN(c2ccc(C(=O)NCCc3ccc(OCc4ccccc4)cc3)cn2)CC1.CN1CCN(c2ccc(C(=O)NCCc3cn(C)c4ccccc34)cn2)CC1. The number of rotatable bonds is 13. The highest BCUT2D eigenvalue weighted by atomic mass is 16.5. The molecule has 2 N–H and O–H groups in total. The molecule has 2 saturated heterocycles.